The molecule has 65 heavy (non-hydrogen) atoms. The zero-order chi connectivity index (χ0) is 46.7. The van der Waals surface area contributed by atoms with Crippen molar-refractivity contribution in [3.63, 3.8) is 0 Å². The van der Waals surface area contributed by atoms with E-state index in [2.05, 4.69) is 94.8 Å². The van der Waals surface area contributed by atoms with E-state index >= 15 is 0 Å². The van der Waals surface area contributed by atoms with Gasteiger partial charge >= 0.3 is 0 Å². The van der Waals surface area contributed by atoms with Crippen LogP contribution in [-0.4, -0.2) is 109 Å². The number of alkyl halides is 1. The lowest BCUT2D eigenvalue weighted by molar-refractivity contribution is 0.102. The maximum absolute atomic E-state index is 13.1. The molecule has 7 rings (SSSR count). The summed E-state index contributed by atoms with van der Waals surface area (Å²) in [4.78, 5) is 38.1. The minimum Gasteiger partial charge on any atom is -0.493 e. The molecule has 346 valence electrons. The molecule has 0 amide bonds. The van der Waals surface area contributed by atoms with Gasteiger partial charge in [-0.15, -0.1) is 0 Å². The van der Waals surface area contributed by atoms with Crippen LogP contribution in [-0.2, 0) is 0 Å². The van der Waals surface area contributed by atoms with Crippen LogP contribution < -0.4 is 30.0 Å². The third kappa shape index (κ3) is 14.9. The minimum atomic E-state index is -0.128. The summed E-state index contributed by atoms with van der Waals surface area (Å²) < 4.78 is 22.6. The molecule has 15 heteroatoms. The first-order chi connectivity index (χ1) is 31.5. The molecule has 0 spiro atoms. The van der Waals surface area contributed by atoms with Crippen LogP contribution in [0.5, 0.6) is 23.0 Å². The van der Waals surface area contributed by atoms with Gasteiger partial charge in [0.05, 0.1) is 24.2 Å². The lowest BCUT2D eigenvalue weighted by Crippen LogP contribution is -2.27. The van der Waals surface area contributed by atoms with Crippen molar-refractivity contribution >= 4 is 85.0 Å². The third-order valence-electron chi connectivity index (χ3n) is 11.0. The van der Waals surface area contributed by atoms with Crippen molar-refractivity contribution < 1.29 is 28.5 Å². The van der Waals surface area contributed by atoms with Crippen LogP contribution in [0.1, 0.15) is 90.1 Å². The molecule has 2 aliphatic heterocycles. The average Bonchev–Trinajstić information content (AvgIpc) is 4.03. The van der Waals surface area contributed by atoms with Gasteiger partial charge in [0, 0.05) is 64.4 Å². The second kappa shape index (κ2) is 26.1. The average molecular weight is 986 g/mol. The van der Waals surface area contributed by atoms with Crippen LogP contribution >= 0.6 is 39.5 Å². The SMILES string of the molecule is CC1COc2ccc(C(=O)CBr)cc21.CCN(CC)CCOc1ccc(N=CC=S)cc1.CCN(CC)CCOc1ccc(Nc2nc(N)c(C(=O)c3ccc4c(c3)C(C)CO4)s2)cc1. The van der Waals surface area contributed by atoms with E-state index in [0.717, 1.165) is 96.9 Å². The molecule has 0 bridgehead atoms. The highest BCUT2D eigenvalue weighted by Gasteiger charge is 2.25. The molecule has 4 aromatic carbocycles. The van der Waals surface area contributed by atoms with Gasteiger partial charge in [0.2, 0.25) is 5.78 Å². The summed E-state index contributed by atoms with van der Waals surface area (Å²) in [5.41, 5.74) is 11.4. The number of aromatic nitrogens is 1. The number of ketones is 2. The molecule has 2 aliphatic rings. The van der Waals surface area contributed by atoms with Gasteiger partial charge in [0.25, 0.3) is 0 Å². The Bertz CT molecular complexity index is 2330. The van der Waals surface area contributed by atoms with E-state index in [1.807, 2.05) is 78.9 Å². The predicted octanol–water partition coefficient (Wildman–Crippen LogP) is 10.8. The topological polar surface area (TPSA) is 141 Å². The van der Waals surface area contributed by atoms with Crippen LogP contribution in [0.3, 0.4) is 0 Å². The van der Waals surface area contributed by atoms with Crippen molar-refractivity contribution in [1.82, 2.24) is 14.8 Å². The molecule has 0 radical (unpaired) electrons. The first-order valence-corrected chi connectivity index (χ1v) is 24.5. The number of hydrogen-bond donors (Lipinski definition) is 2. The second-order valence-corrected chi connectivity index (χ2v) is 17.2. The maximum atomic E-state index is 13.1. The monoisotopic (exact) mass is 984 g/mol. The van der Waals surface area contributed by atoms with Crippen LogP contribution in [0.25, 0.3) is 0 Å². The van der Waals surface area contributed by atoms with Crippen molar-refractivity contribution in [2.24, 2.45) is 4.99 Å². The van der Waals surface area contributed by atoms with Crippen molar-refractivity contribution in [3.05, 3.63) is 112 Å². The number of nitrogens with one attached hydrogen (secondary N) is 1. The lowest BCUT2D eigenvalue weighted by atomic mass is 9.99. The number of aliphatic imine (C=N–C) groups is 1. The Morgan fingerprint density at radius 3 is 1.83 bits per heavy atom. The van der Waals surface area contributed by atoms with E-state index in [4.69, 9.17) is 24.7 Å². The van der Waals surface area contributed by atoms with Crippen LogP contribution in [0.15, 0.2) is 89.9 Å². The molecule has 0 saturated heterocycles. The molecule has 12 nitrogen and oxygen atoms in total. The standard InChI is InChI=1S/C25H30N4O3S.C14H20N2OS.C11H11BrO2/c1-4-29(5-2)12-13-31-19-9-7-18(8-10-19)27-25-28-24(26)23(33-25)22(30)17-6-11-21-20(14-17)16(3)15-32-21;1-3-16(4-2)10-11-17-14-7-5-13(6-8-14)15-9-12-18;1-7-6-14-11-3-2-8(4-9(7)11)10(13)5-12/h6-11,14,16H,4-5,12-13,15,26H2,1-3H3,(H,27,28);5-9,12H,3-4,10-11H2,1-2H3;2-4,7H,5-6H2,1H3. The fourth-order valence-corrected chi connectivity index (χ4v) is 8.23. The molecule has 0 fully saturated rings. The zero-order valence-corrected chi connectivity index (χ0v) is 41.4. The highest BCUT2D eigenvalue weighted by molar-refractivity contribution is 9.09. The number of likely N-dealkylation sites (N-methyl/N-ethyl adjacent to an activating group) is 2. The summed E-state index contributed by atoms with van der Waals surface area (Å²) in [7, 11) is 0. The smallest absolute Gasteiger partial charge is 0.206 e. The maximum Gasteiger partial charge on any atom is 0.206 e. The molecular weight excluding hydrogens is 925 g/mol. The number of nitrogens with zero attached hydrogens (tertiary/aromatic N) is 4. The summed E-state index contributed by atoms with van der Waals surface area (Å²) in [6.07, 6.45) is 1.60. The van der Waals surface area contributed by atoms with Crippen LogP contribution in [0.4, 0.5) is 22.3 Å². The quantitative estimate of drug-likeness (QED) is 0.0332. The van der Waals surface area contributed by atoms with E-state index in [-0.39, 0.29) is 23.3 Å². The second-order valence-electron chi connectivity index (χ2n) is 15.4. The molecule has 0 saturated carbocycles. The molecule has 2 atom stereocenters. The summed E-state index contributed by atoms with van der Waals surface area (Å²) >= 11 is 9.10. The highest BCUT2D eigenvalue weighted by Crippen LogP contribution is 2.37. The first kappa shape index (κ1) is 50.8. The molecule has 3 heterocycles. The number of ether oxygens (including phenoxy) is 4. The Hall–Kier alpha value is -5.19. The zero-order valence-electron chi connectivity index (χ0n) is 38.2. The molecule has 5 aromatic rings. The van der Waals surface area contributed by atoms with Crippen molar-refractivity contribution in [3.8, 4) is 23.0 Å². The van der Waals surface area contributed by atoms with Gasteiger partial charge in [0.15, 0.2) is 10.9 Å². The van der Waals surface area contributed by atoms with E-state index < -0.39 is 0 Å². The van der Waals surface area contributed by atoms with E-state index in [9.17, 15) is 9.59 Å². The van der Waals surface area contributed by atoms with E-state index in [0.29, 0.717) is 46.6 Å². The summed E-state index contributed by atoms with van der Waals surface area (Å²) in [6, 6.07) is 26.6. The number of fused-ring (bicyclic) bond motifs is 2. The molecule has 2 unspecified atom stereocenters. The number of carbonyl (C=O) groups excluding carboxylic acids is 2. The Morgan fingerprint density at radius 2 is 1.32 bits per heavy atom. The molecule has 3 N–H and O–H groups in total. The van der Waals surface area contributed by atoms with Gasteiger partial charge in [-0.1, -0.05) is 81.0 Å². The van der Waals surface area contributed by atoms with E-state index in [1.54, 1.807) is 12.3 Å². The Morgan fingerprint density at radius 1 is 0.815 bits per heavy atom. The minimum absolute atomic E-state index is 0.118. The van der Waals surface area contributed by atoms with Crippen molar-refractivity contribution in [2.75, 3.05) is 82.1 Å². The fraction of sp³-hybridized carbons (Fsp3) is 0.380. The number of benzene rings is 4. The van der Waals surface area contributed by atoms with Gasteiger partial charge in [0.1, 0.15) is 46.9 Å². The van der Waals surface area contributed by atoms with Gasteiger partial charge < -0.3 is 39.8 Å². The Balaban J connectivity index is 0.000000207. The number of carbonyl (C=O) groups is 2. The normalized spacial score (nSPS) is 14.6. The fourth-order valence-electron chi connectivity index (χ4n) is 6.98. The number of thiocarbonyl (C=S) groups is 1. The number of thiazole rings is 1. The summed E-state index contributed by atoms with van der Waals surface area (Å²) in [5.74, 6) is 4.35. The number of rotatable bonds is 20. The van der Waals surface area contributed by atoms with Gasteiger partial charge in [-0.3, -0.25) is 14.6 Å². The molecule has 1 aromatic heterocycles. The highest BCUT2D eigenvalue weighted by atomic mass is 79.9. The predicted molar refractivity (Wildman–Crippen MR) is 273 cm³/mol. The van der Waals surface area contributed by atoms with Crippen LogP contribution in [0.2, 0.25) is 0 Å². The van der Waals surface area contributed by atoms with Crippen molar-refractivity contribution in [2.45, 2.75) is 53.4 Å². The van der Waals surface area contributed by atoms with E-state index in [1.165, 1.54) is 16.7 Å². The number of nitrogen functional groups attached to an aromatic ring is 1. The summed E-state index contributed by atoms with van der Waals surface area (Å²) in [6.45, 7) is 21.6. The Kier molecular flexibility index (Phi) is 20.4. The van der Waals surface area contributed by atoms with Crippen LogP contribution in [0, 0.1) is 0 Å². The number of halogens is 1. The molecule has 0 aliphatic carbocycles. The van der Waals surface area contributed by atoms with Gasteiger partial charge in [-0.05, 0) is 111 Å². The number of hydrogen-bond acceptors (Lipinski definition) is 14. The third-order valence-corrected chi connectivity index (χ3v) is 12.6. The summed E-state index contributed by atoms with van der Waals surface area (Å²) in [5, 5.41) is 5.68. The largest absolute Gasteiger partial charge is 0.493 e. The number of anilines is 3. The first-order valence-electron chi connectivity index (χ1n) is 22.1. The number of nitrogens with two attached hydrogens (primary N) is 1. The lowest BCUT2D eigenvalue weighted by Gasteiger charge is -2.18. The molecular formula is C50H61BrN6O6S2. The Labute approximate surface area is 401 Å². The number of Topliss-reactive ketones (excluding diaryl/α,β-unsaturated/α-hetero) is 1. The van der Waals surface area contributed by atoms with Gasteiger partial charge in [-0.25, -0.2) is 4.98 Å². The van der Waals surface area contributed by atoms with Crippen molar-refractivity contribution in [1.29, 1.82) is 0 Å². The van der Waals surface area contributed by atoms with Gasteiger partial charge in [-0.2, -0.15) is 0 Å².